The minimum absolute atomic E-state index is 0.225. The fraction of sp³-hybridized carbons (Fsp3) is 0.0833. The minimum atomic E-state index is -0.240. The quantitative estimate of drug-likeness (QED) is 0.499. The van der Waals surface area contributed by atoms with Gasteiger partial charge in [0.25, 0.3) is 11.8 Å². The predicted molar refractivity (Wildman–Crippen MR) is 119 cm³/mol. The largest absolute Gasteiger partial charge is 0.322 e. The van der Waals surface area contributed by atoms with E-state index in [9.17, 15) is 9.59 Å². The summed E-state index contributed by atoms with van der Waals surface area (Å²) in [6.45, 7) is 2.40. The maximum atomic E-state index is 12.7. The number of hydrogen-bond acceptors (Lipinski definition) is 4. The lowest BCUT2D eigenvalue weighted by Gasteiger charge is -2.13. The number of hydrogen-bond donors (Lipinski definition) is 2. The molecule has 7 nitrogen and oxygen atoms in total. The zero-order chi connectivity index (χ0) is 21.6. The first-order valence-corrected chi connectivity index (χ1v) is 9.79. The number of rotatable bonds is 6. The zero-order valence-electron chi connectivity index (χ0n) is 16.9. The van der Waals surface area contributed by atoms with Crippen molar-refractivity contribution in [3.8, 4) is 0 Å². The molecule has 2 amide bonds. The number of nitrogens with zero attached hydrogens (tertiary/aromatic N) is 3. The second-order valence-corrected chi connectivity index (χ2v) is 7.04. The van der Waals surface area contributed by atoms with E-state index in [0.29, 0.717) is 34.6 Å². The third kappa shape index (κ3) is 4.84. The van der Waals surface area contributed by atoms with Crippen LogP contribution in [0.15, 0.2) is 85.5 Å². The van der Waals surface area contributed by atoms with Crippen molar-refractivity contribution in [1.82, 2.24) is 14.8 Å². The molecular formula is C24H21N5O2. The summed E-state index contributed by atoms with van der Waals surface area (Å²) in [6, 6.07) is 21.8. The highest BCUT2D eigenvalue weighted by molar-refractivity contribution is 6.08. The summed E-state index contributed by atoms with van der Waals surface area (Å²) in [6.07, 6.45) is 3.13. The van der Waals surface area contributed by atoms with Gasteiger partial charge in [0.1, 0.15) is 12.7 Å². The Morgan fingerprint density at radius 2 is 1.65 bits per heavy atom. The van der Waals surface area contributed by atoms with Gasteiger partial charge in [-0.05, 0) is 54.4 Å². The lowest BCUT2D eigenvalue weighted by Crippen LogP contribution is -2.17. The van der Waals surface area contributed by atoms with Gasteiger partial charge in [-0.25, -0.2) is 9.67 Å². The van der Waals surface area contributed by atoms with Gasteiger partial charge in [-0.3, -0.25) is 9.59 Å². The normalized spacial score (nSPS) is 10.5. The van der Waals surface area contributed by atoms with Crippen molar-refractivity contribution in [3.05, 3.63) is 108 Å². The monoisotopic (exact) mass is 411 g/mol. The van der Waals surface area contributed by atoms with Gasteiger partial charge >= 0.3 is 0 Å². The van der Waals surface area contributed by atoms with Gasteiger partial charge in [0.2, 0.25) is 0 Å². The van der Waals surface area contributed by atoms with Gasteiger partial charge in [0.15, 0.2) is 0 Å². The smallest absolute Gasteiger partial charge is 0.256 e. The Morgan fingerprint density at radius 1 is 0.871 bits per heavy atom. The molecule has 0 radical (unpaired) electrons. The van der Waals surface area contributed by atoms with E-state index in [1.54, 1.807) is 41.3 Å². The lowest BCUT2D eigenvalue weighted by molar-refractivity contribution is 0.101. The van der Waals surface area contributed by atoms with Crippen LogP contribution >= 0.6 is 0 Å². The second kappa shape index (κ2) is 9.04. The average Bonchev–Trinajstić information content (AvgIpc) is 3.29. The van der Waals surface area contributed by atoms with E-state index >= 15 is 0 Å². The molecule has 0 aliphatic heterocycles. The Labute approximate surface area is 179 Å². The summed E-state index contributed by atoms with van der Waals surface area (Å²) in [7, 11) is 0. The van der Waals surface area contributed by atoms with Crippen molar-refractivity contribution in [3.63, 3.8) is 0 Å². The van der Waals surface area contributed by atoms with Crippen LogP contribution in [0.5, 0.6) is 0 Å². The van der Waals surface area contributed by atoms with E-state index in [0.717, 1.165) is 5.56 Å². The van der Waals surface area contributed by atoms with E-state index in [-0.39, 0.29) is 11.8 Å². The van der Waals surface area contributed by atoms with Gasteiger partial charge in [-0.1, -0.05) is 36.4 Å². The SMILES string of the molecule is Cc1c(NC(=O)c2ccc(Cn3cncn3)cc2)cccc1C(=O)Nc1ccccc1. The molecule has 0 aliphatic rings. The Bertz CT molecular complexity index is 1190. The summed E-state index contributed by atoms with van der Waals surface area (Å²) >= 11 is 0. The van der Waals surface area contributed by atoms with Crippen LogP contribution in [0.3, 0.4) is 0 Å². The Kier molecular flexibility index (Phi) is 5.84. The molecule has 1 aromatic heterocycles. The van der Waals surface area contributed by atoms with Crippen molar-refractivity contribution in [2.75, 3.05) is 10.6 Å². The van der Waals surface area contributed by atoms with Crippen LogP contribution in [0.4, 0.5) is 11.4 Å². The summed E-state index contributed by atoms with van der Waals surface area (Å²) < 4.78 is 1.71. The summed E-state index contributed by atoms with van der Waals surface area (Å²) in [4.78, 5) is 29.3. The van der Waals surface area contributed by atoms with Crippen LogP contribution in [-0.4, -0.2) is 26.6 Å². The molecule has 0 saturated heterocycles. The summed E-state index contributed by atoms with van der Waals surface area (Å²) in [5.41, 5.74) is 4.06. The van der Waals surface area contributed by atoms with Gasteiger partial charge < -0.3 is 10.6 Å². The molecule has 0 aliphatic carbocycles. The van der Waals surface area contributed by atoms with E-state index in [2.05, 4.69) is 20.7 Å². The van der Waals surface area contributed by atoms with E-state index in [4.69, 9.17) is 0 Å². The number of benzene rings is 3. The first-order valence-electron chi connectivity index (χ1n) is 9.79. The molecule has 0 saturated carbocycles. The number of para-hydroxylation sites is 1. The molecule has 2 N–H and O–H groups in total. The van der Waals surface area contributed by atoms with Crippen molar-refractivity contribution < 1.29 is 9.59 Å². The van der Waals surface area contributed by atoms with Crippen LogP contribution in [-0.2, 0) is 6.54 Å². The number of aromatic nitrogens is 3. The van der Waals surface area contributed by atoms with Gasteiger partial charge in [-0.2, -0.15) is 5.10 Å². The standard InChI is InChI=1S/C24H21N5O2/c1-17-21(24(31)27-20-6-3-2-4-7-20)8-5-9-22(17)28-23(30)19-12-10-18(11-13-19)14-29-16-25-15-26-29/h2-13,15-16H,14H2,1H3,(H,27,31)(H,28,30). The number of nitrogens with one attached hydrogen (secondary N) is 2. The lowest BCUT2D eigenvalue weighted by atomic mass is 10.0. The van der Waals surface area contributed by atoms with Crippen LogP contribution in [0.25, 0.3) is 0 Å². The highest BCUT2D eigenvalue weighted by Crippen LogP contribution is 2.21. The van der Waals surface area contributed by atoms with Crippen molar-refractivity contribution in [1.29, 1.82) is 0 Å². The molecule has 1 heterocycles. The first kappa shape index (κ1) is 20.0. The molecule has 0 atom stereocenters. The summed E-state index contributed by atoms with van der Waals surface area (Å²) in [5.74, 6) is -0.465. The molecule has 0 spiro atoms. The molecule has 4 rings (SSSR count). The third-order valence-corrected chi connectivity index (χ3v) is 4.89. The van der Waals surface area contributed by atoms with E-state index in [1.165, 1.54) is 6.33 Å². The zero-order valence-corrected chi connectivity index (χ0v) is 16.9. The summed E-state index contributed by atoms with van der Waals surface area (Å²) in [5, 5.41) is 9.85. The maximum absolute atomic E-state index is 12.7. The van der Waals surface area contributed by atoms with Crippen LogP contribution < -0.4 is 10.6 Å². The van der Waals surface area contributed by atoms with Crippen molar-refractivity contribution in [2.24, 2.45) is 0 Å². The number of amides is 2. The van der Waals surface area contributed by atoms with Gasteiger partial charge in [0, 0.05) is 22.5 Å². The fourth-order valence-corrected chi connectivity index (χ4v) is 3.19. The molecular weight excluding hydrogens is 390 g/mol. The predicted octanol–water partition coefficient (Wildman–Crippen LogP) is 4.14. The maximum Gasteiger partial charge on any atom is 0.256 e. The van der Waals surface area contributed by atoms with Crippen LogP contribution in [0.1, 0.15) is 31.8 Å². The third-order valence-electron chi connectivity index (χ3n) is 4.89. The molecule has 7 heteroatoms. The van der Waals surface area contributed by atoms with Crippen LogP contribution in [0.2, 0.25) is 0 Å². The van der Waals surface area contributed by atoms with Crippen molar-refractivity contribution >= 4 is 23.2 Å². The molecule has 0 bridgehead atoms. The van der Waals surface area contributed by atoms with Crippen LogP contribution in [0, 0.1) is 6.92 Å². The number of carbonyl (C=O) groups is 2. The van der Waals surface area contributed by atoms with Gasteiger partial charge in [0.05, 0.1) is 6.54 Å². The fourth-order valence-electron chi connectivity index (χ4n) is 3.19. The topological polar surface area (TPSA) is 88.9 Å². The molecule has 0 fully saturated rings. The van der Waals surface area contributed by atoms with E-state index in [1.807, 2.05) is 49.4 Å². The minimum Gasteiger partial charge on any atom is -0.322 e. The van der Waals surface area contributed by atoms with Crippen molar-refractivity contribution in [2.45, 2.75) is 13.5 Å². The van der Waals surface area contributed by atoms with E-state index < -0.39 is 0 Å². The molecule has 0 unspecified atom stereocenters. The highest BCUT2D eigenvalue weighted by Gasteiger charge is 2.14. The average molecular weight is 411 g/mol. The molecule has 31 heavy (non-hydrogen) atoms. The first-order chi connectivity index (χ1) is 15.1. The molecule has 154 valence electrons. The highest BCUT2D eigenvalue weighted by atomic mass is 16.2. The molecule has 4 aromatic rings. The second-order valence-electron chi connectivity index (χ2n) is 7.04. The van der Waals surface area contributed by atoms with Gasteiger partial charge in [-0.15, -0.1) is 0 Å². The molecule has 3 aromatic carbocycles. The Balaban J connectivity index is 1.45. The number of carbonyl (C=O) groups excluding carboxylic acids is 2. The number of anilines is 2. The Hall–Kier alpha value is -4.26. The Morgan fingerprint density at radius 3 is 2.35 bits per heavy atom.